The molecule has 0 bridgehead atoms. The van der Waals surface area contributed by atoms with Gasteiger partial charge < -0.3 is 10.1 Å². The molecule has 0 saturated heterocycles. The molecule has 1 rings (SSSR count). The van der Waals surface area contributed by atoms with Gasteiger partial charge in [0.2, 0.25) is 0 Å². The van der Waals surface area contributed by atoms with Crippen molar-refractivity contribution >= 4 is 0 Å². The number of nitrogens with one attached hydrogen (secondary N) is 1. The maximum absolute atomic E-state index is 11.1. The second kappa shape index (κ2) is 2.79. The first-order chi connectivity index (χ1) is 5.43. The maximum Gasteiger partial charge on any atom is 0.325 e. The molecule has 2 N–H and O–H groups in total. The zero-order valence-electron chi connectivity index (χ0n) is 7.53. The van der Waals surface area contributed by atoms with Crippen LogP contribution in [0.1, 0.15) is 26.8 Å². The minimum atomic E-state index is -0.883. The van der Waals surface area contributed by atoms with Crippen LogP contribution in [0.15, 0.2) is 17.2 Å². The zero-order valence-corrected chi connectivity index (χ0v) is 7.53. The Hall–Kier alpha value is -1.03. The summed E-state index contributed by atoms with van der Waals surface area (Å²) in [6.07, 6.45) is 3.19. The van der Waals surface area contributed by atoms with E-state index in [0.717, 1.165) is 0 Å². The summed E-state index contributed by atoms with van der Waals surface area (Å²) in [6, 6.07) is -0.226. The number of hydrogen-bond acceptors (Lipinski definition) is 2. The Balaban J connectivity index is 3.01. The molecule has 1 aromatic rings. The molecule has 1 unspecified atom stereocenters. The van der Waals surface area contributed by atoms with E-state index in [9.17, 15) is 9.90 Å². The van der Waals surface area contributed by atoms with E-state index in [-0.39, 0.29) is 11.7 Å². The summed E-state index contributed by atoms with van der Waals surface area (Å²) in [6.45, 7) is 5.16. The fourth-order valence-corrected chi connectivity index (χ4v) is 0.976. The van der Waals surface area contributed by atoms with Crippen molar-refractivity contribution in [1.29, 1.82) is 0 Å². The summed E-state index contributed by atoms with van der Waals surface area (Å²) >= 11 is 0. The molecule has 0 radical (unpaired) electrons. The first-order valence-corrected chi connectivity index (χ1v) is 3.91. The van der Waals surface area contributed by atoms with Crippen LogP contribution in [0.4, 0.5) is 0 Å². The lowest BCUT2D eigenvalue weighted by molar-refractivity contribution is 0.0293. The third-order valence-corrected chi connectivity index (χ3v) is 2.12. The highest BCUT2D eigenvalue weighted by atomic mass is 16.3. The van der Waals surface area contributed by atoms with Crippen LogP contribution in [0.5, 0.6) is 0 Å². The Morgan fingerprint density at radius 1 is 1.67 bits per heavy atom. The van der Waals surface area contributed by atoms with Gasteiger partial charge in [0.15, 0.2) is 0 Å². The van der Waals surface area contributed by atoms with Crippen LogP contribution < -0.4 is 5.69 Å². The van der Waals surface area contributed by atoms with E-state index in [4.69, 9.17) is 0 Å². The summed E-state index contributed by atoms with van der Waals surface area (Å²) in [4.78, 5) is 13.6. The van der Waals surface area contributed by atoms with Gasteiger partial charge in [0, 0.05) is 12.4 Å². The third-order valence-electron chi connectivity index (χ3n) is 2.12. The van der Waals surface area contributed by atoms with Crippen molar-refractivity contribution < 1.29 is 5.11 Å². The highest BCUT2D eigenvalue weighted by Crippen LogP contribution is 2.18. The van der Waals surface area contributed by atoms with Gasteiger partial charge >= 0.3 is 5.69 Å². The Morgan fingerprint density at radius 2 is 2.25 bits per heavy atom. The molecule has 0 saturated carbocycles. The molecule has 1 atom stereocenters. The molecule has 0 amide bonds. The van der Waals surface area contributed by atoms with Crippen molar-refractivity contribution in [3.8, 4) is 0 Å². The number of aromatic amines is 1. The van der Waals surface area contributed by atoms with E-state index >= 15 is 0 Å². The van der Waals surface area contributed by atoms with E-state index in [2.05, 4.69) is 4.98 Å². The first kappa shape index (κ1) is 9.06. The molecule has 4 nitrogen and oxygen atoms in total. The topological polar surface area (TPSA) is 58.0 Å². The zero-order chi connectivity index (χ0) is 9.35. The summed E-state index contributed by atoms with van der Waals surface area (Å²) in [5.41, 5.74) is -1.07. The average molecular weight is 170 g/mol. The van der Waals surface area contributed by atoms with Crippen molar-refractivity contribution in [2.45, 2.75) is 32.4 Å². The van der Waals surface area contributed by atoms with E-state index in [1.807, 2.05) is 0 Å². The standard InChI is InChI=1S/C8H14N2O2/c1-6(8(2,3)12)10-5-4-9-7(10)11/h4-6,12H,1-3H3,(H,9,11). The summed E-state index contributed by atoms with van der Waals surface area (Å²) in [5, 5.41) is 9.61. The molecule has 1 heterocycles. The molecule has 68 valence electrons. The van der Waals surface area contributed by atoms with E-state index in [1.165, 1.54) is 4.57 Å². The van der Waals surface area contributed by atoms with Crippen LogP contribution in [0, 0.1) is 0 Å². The highest BCUT2D eigenvalue weighted by Gasteiger charge is 2.24. The monoisotopic (exact) mass is 170 g/mol. The maximum atomic E-state index is 11.1. The van der Waals surface area contributed by atoms with Crippen molar-refractivity contribution in [3.63, 3.8) is 0 Å². The summed E-state index contributed by atoms with van der Waals surface area (Å²) in [5.74, 6) is 0. The number of imidazole rings is 1. The fourth-order valence-electron chi connectivity index (χ4n) is 0.976. The van der Waals surface area contributed by atoms with Gasteiger partial charge in [-0.05, 0) is 20.8 Å². The van der Waals surface area contributed by atoms with Gasteiger partial charge in [-0.3, -0.25) is 4.57 Å². The number of rotatable bonds is 2. The van der Waals surface area contributed by atoms with Gasteiger partial charge in [0.25, 0.3) is 0 Å². The van der Waals surface area contributed by atoms with E-state index < -0.39 is 5.60 Å². The fraction of sp³-hybridized carbons (Fsp3) is 0.625. The molecule has 0 aromatic carbocycles. The molecule has 4 heteroatoms. The minimum Gasteiger partial charge on any atom is -0.388 e. The normalized spacial score (nSPS) is 14.7. The smallest absolute Gasteiger partial charge is 0.325 e. The molecule has 12 heavy (non-hydrogen) atoms. The molecule has 1 aromatic heterocycles. The predicted molar refractivity (Wildman–Crippen MR) is 46.1 cm³/mol. The number of H-pyrrole nitrogens is 1. The predicted octanol–water partition coefficient (Wildman–Crippen LogP) is 0.508. The van der Waals surface area contributed by atoms with Crippen LogP contribution in [-0.2, 0) is 0 Å². The molecular formula is C8H14N2O2. The molecule has 0 aliphatic rings. The average Bonchev–Trinajstić information content (AvgIpc) is 2.31. The lowest BCUT2D eigenvalue weighted by Crippen LogP contribution is -2.35. The Morgan fingerprint density at radius 3 is 2.58 bits per heavy atom. The van der Waals surface area contributed by atoms with E-state index in [1.54, 1.807) is 33.2 Å². The Labute approximate surface area is 70.9 Å². The van der Waals surface area contributed by atoms with Crippen molar-refractivity contribution in [1.82, 2.24) is 9.55 Å². The van der Waals surface area contributed by atoms with Gasteiger partial charge in [0.1, 0.15) is 0 Å². The van der Waals surface area contributed by atoms with Crippen LogP contribution in [-0.4, -0.2) is 20.3 Å². The minimum absolute atomic E-state index is 0.190. The quantitative estimate of drug-likeness (QED) is 0.679. The van der Waals surface area contributed by atoms with Crippen molar-refractivity contribution in [2.24, 2.45) is 0 Å². The number of nitrogens with zero attached hydrogens (tertiary/aromatic N) is 1. The largest absolute Gasteiger partial charge is 0.388 e. The van der Waals surface area contributed by atoms with Crippen LogP contribution in [0.2, 0.25) is 0 Å². The first-order valence-electron chi connectivity index (χ1n) is 3.91. The van der Waals surface area contributed by atoms with Crippen LogP contribution >= 0.6 is 0 Å². The van der Waals surface area contributed by atoms with Crippen molar-refractivity contribution in [3.05, 3.63) is 22.9 Å². The second-order valence-electron chi connectivity index (χ2n) is 3.50. The summed E-state index contributed by atoms with van der Waals surface area (Å²) < 4.78 is 1.47. The van der Waals surface area contributed by atoms with Gasteiger partial charge in [-0.25, -0.2) is 4.79 Å². The molecule has 0 fully saturated rings. The Bertz CT molecular complexity index is 305. The third kappa shape index (κ3) is 1.58. The van der Waals surface area contributed by atoms with Crippen LogP contribution in [0.3, 0.4) is 0 Å². The summed E-state index contributed by atoms with van der Waals surface area (Å²) in [7, 11) is 0. The second-order valence-corrected chi connectivity index (χ2v) is 3.50. The molecule has 0 spiro atoms. The molecule has 0 aliphatic carbocycles. The van der Waals surface area contributed by atoms with Crippen molar-refractivity contribution in [2.75, 3.05) is 0 Å². The van der Waals surface area contributed by atoms with Crippen LogP contribution in [0.25, 0.3) is 0 Å². The van der Waals surface area contributed by atoms with Gasteiger partial charge in [-0.2, -0.15) is 0 Å². The van der Waals surface area contributed by atoms with Gasteiger partial charge in [-0.1, -0.05) is 0 Å². The number of aliphatic hydroxyl groups is 1. The molecule has 0 aliphatic heterocycles. The Kier molecular flexibility index (Phi) is 2.10. The number of aromatic nitrogens is 2. The lowest BCUT2D eigenvalue weighted by Gasteiger charge is -2.25. The molecular weight excluding hydrogens is 156 g/mol. The number of hydrogen-bond donors (Lipinski definition) is 2. The highest BCUT2D eigenvalue weighted by molar-refractivity contribution is 4.86. The lowest BCUT2D eigenvalue weighted by atomic mass is 10.0. The SMILES string of the molecule is CC(n1cc[nH]c1=O)C(C)(C)O. The van der Waals surface area contributed by atoms with Gasteiger partial charge in [0.05, 0.1) is 11.6 Å². The van der Waals surface area contributed by atoms with E-state index in [0.29, 0.717) is 0 Å². The van der Waals surface area contributed by atoms with Gasteiger partial charge in [-0.15, -0.1) is 0 Å².